The van der Waals surface area contributed by atoms with Gasteiger partial charge < -0.3 is 14.2 Å². The average Bonchev–Trinajstić information content (AvgIpc) is 3.57. The van der Waals surface area contributed by atoms with Gasteiger partial charge in [-0.05, 0) is 37.8 Å². The third-order valence-electron chi connectivity index (χ3n) is 6.50. The molecular formula is C26H27N3O3. The van der Waals surface area contributed by atoms with E-state index in [0.717, 1.165) is 44.3 Å². The van der Waals surface area contributed by atoms with Crippen LogP contribution in [0.3, 0.4) is 0 Å². The largest absolute Gasteiger partial charge is 0.436 e. The molecule has 2 aromatic carbocycles. The molecule has 0 aliphatic carbocycles. The maximum Gasteiger partial charge on any atom is 0.254 e. The van der Waals surface area contributed by atoms with Crippen LogP contribution in [0.5, 0.6) is 0 Å². The van der Waals surface area contributed by atoms with Crippen molar-refractivity contribution in [3.05, 3.63) is 66.4 Å². The Morgan fingerprint density at radius 1 is 0.844 bits per heavy atom. The van der Waals surface area contributed by atoms with Crippen LogP contribution < -0.4 is 0 Å². The molecule has 2 fully saturated rings. The molecule has 0 saturated carbocycles. The Balaban J connectivity index is 1.31. The molecule has 0 atom stereocenters. The van der Waals surface area contributed by atoms with Gasteiger partial charge in [0.05, 0.1) is 11.8 Å². The molecular weight excluding hydrogens is 402 g/mol. The highest BCUT2D eigenvalue weighted by Gasteiger charge is 2.32. The van der Waals surface area contributed by atoms with Gasteiger partial charge >= 0.3 is 0 Å². The Bertz CT molecular complexity index is 1090. The van der Waals surface area contributed by atoms with Gasteiger partial charge in [-0.1, -0.05) is 42.5 Å². The summed E-state index contributed by atoms with van der Waals surface area (Å²) >= 11 is 0. The molecule has 5 rings (SSSR count). The van der Waals surface area contributed by atoms with E-state index >= 15 is 0 Å². The van der Waals surface area contributed by atoms with Crippen molar-refractivity contribution in [2.45, 2.75) is 25.7 Å². The minimum absolute atomic E-state index is 0.0348. The quantitative estimate of drug-likeness (QED) is 0.613. The lowest BCUT2D eigenvalue weighted by atomic mass is 9.94. The fraction of sp³-hybridized carbons (Fsp3) is 0.346. The van der Waals surface area contributed by atoms with Gasteiger partial charge in [0.2, 0.25) is 11.8 Å². The highest BCUT2D eigenvalue weighted by atomic mass is 16.4. The third-order valence-corrected chi connectivity index (χ3v) is 6.50. The molecule has 6 heteroatoms. The van der Waals surface area contributed by atoms with E-state index in [-0.39, 0.29) is 17.7 Å². The topological polar surface area (TPSA) is 66.7 Å². The first-order valence-electron chi connectivity index (χ1n) is 11.4. The molecule has 3 aromatic rings. The van der Waals surface area contributed by atoms with E-state index in [1.807, 2.05) is 64.4 Å². The second-order valence-electron chi connectivity index (χ2n) is 8.54. The maximum atomic E-state index is 13.4. The zero-order chi connectivity index (χ0) is 21.9. The first-order valence-corrected chi connectivity index (χ1v) is 11.4. The molecule has 3 heterocycles. The standard InChI is InChI=1S/C26H27N3O3/c30-25(28-14-6-7-15-28)20-12-16-29(17-13-20)26(31)22-11-5-4-10-21(22)24-27-18-23(32-24)19-8-2-1-3-9-19/h1-5,8-11,18,20H,6-7,12-17H2. The number of carbonyl (C=O) groups is 2. The van der Waals surface area contributed by atoms with Gasteiger partial charge in [-0.3, -0.25) is 9.59 Å². The van der Waals surface area contributed by atoms with E-state index in [9.17, 15) is 9.59 Å². The van der Waals surface area contributed by atoms with Crippen molar-refractivity contribution < 1.29 is 14.0 Å². The summed E-state index contributed by atoms with van der Waals surface area (Å²) in [6, 6.07) is 17.2. The van der Waals surface area contributed by atoms with E-state index < -0.39 is 0 Å². The van der Waals surface area contributed by atoms with Crippen LogP contribution in [0.2, 0.25) is 0 Å². The number of benzene rings is 2. The molecule has 2 aliphatic rings. The van der Waals surface area contributed by atoms with Crippen LogP contribution in [0.25, 0.3) is 22.8 Å². The molecule has 0 N–H and O–H groups in total. The zero-order valence-corrected chi connectivity index (χ0v) is 18.1. The van der Waals surface area contributed by atoms with Gasteiger partial charge in [0.15, 0.2) is 5.76 Å². The zero-order valence-electron chi connectivity index (χ0n) is 18.1. The molecule has 1 aromatic heterocycles. The van der Waals surface area contributed by atoms with Crippen molar-refractivity contribution in [1.82, 2.24) is 14.8 Å². The smallest absolute Gasteiger partial charge is 0.254 e. The molecule has 164 valence electrons. The summed E-state index contributed by atoms with van der Waals surface area (Å²) in [7, 11) is 0. The first-order chi connectivity index (χ1) is 15.7. The molecule has 2 aliphatic heterocycles. The summed E-state index contributed by atoms with van der Waals surface area (Å²) in [4.78, 5) is 34.4. The van der Waals surface area contributed by atoms with Gasteiger partial charge in [-0.2, -0.15) is 0 Å². The highest BCUT2D eigenvalue weighted by molar-refractivity contribution is 6.00. The summed E-state index contributed by atoms with van der Waals surface area (Å²) in [5.74, 6) is 1.37. The summed E-state index contributed by atoms with van der Waals surface area (Å²) in [6.07, 6.45) is 5.35. The number of hydrogen-bond acceptors (Lipinski definition) is 4. The molecule has 2 saturated heterocycles. The van der Waals surface area contributed by atoms with Crippen LogP contribution in [0.15, 0.2) is 65.2 Å². The predicted molar refractivity (Wildman–Crippen MR) is 122 cm³/mol. The van der Waals surface area contributed by atoms with Crippen LogP contribution in [-0.4, -0.2) is 52.8 Å². The lowest BCUT2D eigenvalue weighted by molar-refractivity contribution is -0.135. The van der Waals surface area contributed by atoms with Gasteiger partial charge in [0, 0.05) is 43.2 Å². The van der Waals surface area contributed by atoms with Crippen molar-refractivity contribution >= 4 is 11.8 Å². The number of aromatic nitrogens is 1. The van der Waals surface area contributed by atoms with Crippen LogP contribution in [0.4, 0.5) is 0 Å². The fourth-order valence-electron chi connectivity index (χ4n) is 4.69. The van der Waals surface area contributed by atoms with Crippen LogP contribution in [0, 0.1) is 5.92 Å². The minimum atomic E-state index is -0.0351. The molecule has 2 amide bonds. The second kappa shape index (κ2) is 8.99. The summed E-state index contributed by atoms with van der Waals surface area (Å²) in [5, 5.41) is 0. The Kier molecular flexibility index (Phi) is 5.75. The summed E-state index contributed by atoms with van der Waals surface area (Å²) in [6.45, 7) is 2.95. The monoisotopic (exact) mass is 429 g/mol. The fourth-order valence-corrected chi connectivity index (χ4v) is 4.69. The van der Waals surface area contributed by atoms with Gasteiger partial charge in [0.25, 0.3) is 5.91 Å². The maximum absolute atomic E-state index is 13.4. The van der Waals surface area contributed by atoms with Crippen LogP contribution in [0.1, 0.15) is 36.0 Å². The molecule has 0 spiro atoms. The Labute approximate surface area is 187 Å². The van der Waals surface area contributed by atoms with E-state index in [0.29, 0.717) is 35.9 Å². The molecule has 32 heavy (non-hydrogen) atoms. The Morgan fingerprint density at radius 3 is 2.28 bits per heavy atom. The predicted octanol–water partition coefficient (Wildman–Crippen LogP) is 4.48. The minimum Gasteiger partial charge on any atom is -0.436 e. The first kappa shape index (κ1) is 20.5. The number of piperidine rings is 1. The van der Waals surface area contributed by atoms with Gasteiger partial charge in [0.1, 0.15) is 0 Å². The Hall–Kier alpha value is -3.41. The number of rotatable bonds is 4. The molecule has 0 radical (unpaired) electrons. The second-order valence-corrected chi connectivity index (χ2v) is 8.54. The lowest BCUT2D eigenvalue weighted by Crippen LogP contribution is -2.43. The average molecular weight is 430 g/mol. The van der Waals surface area contributed by atoms with Crippen molar-refractivity contribution in [2.24, 2.45) is 5.92 Å². The van der Waals surface area contributed by atoms with E-state index in [1.165, 1.54) is 0 Å². The number of amides is 2. The van der Waals surface area contributed by atoms with Crippen molar-refractivity contribution in [1.29, 1.82) is 0 Å². The van der Waals surface area contributed by atoms with E-state index in [1.54, 1.807) is 6.20 Å². The van der Waals surface area contributed by atoms with Crippen molar-refractivity contribution in [3.63, 3.8) is 0 Å². The van der Waals surface area contributed by atoms with Crippen LogP contribution in [-0.2, 0) is 4.79 Å². The van der Waals surface area contributed by atoms with Gasteiger partial charge in [-0.25, -0.2) is 4.98 Å². The molecule has 0 bridgehead atoms. The van der Waals surface area contributed by atoms with E-state index in [2.05, 4.69) is 4.98 Å². The SMILES string of the molecule is O=C(c1ccccc1-c1ncc(-c2ccccc2)o1)N1CCC(C(=O)N2CCCC2)CC1. The number of carbonyl (C=O) groups excluding carboxylic acids is 2. The number of nitrogens with zero attached hydrogens (tertiary/aromatic N) is 3. The number of likely N-dealkylation sites (tertiary alicyclic amines) is 2. The number of oxazole rings is 1. The molecule has 0 unspecified atom stereocenters. The third kappa shape index (κ3) is 4.05. The normalized spacial score (nSPS) is 17.0. The van der Waals surface area contributed by atoms with Gasteiger partial charge in [-0.15, -0.1) is 0 Å². The van der Waals surface area contributed by atoms with Crippen LogP contribution >= 0.6 is 0 Å². The lowest BCUT2D eigenvalue weighted by Gasteiger charge is -2.33. The summed E-state index contributed by atoms with van der Waals surface area (Å²) < 4.78 is 6.01. The highest BCUT2D eigenvalue weighted by Crippen LogP contribution is 2.30. The molecule has 6 nitrogen and oxygen atoms in total. The number of hydrogen-bond donors (Lipinski definition) is 0. The van der Waals surface area contributed by atoms with E-state index in [4.69, 9.17) is 4.42 Å². The van der Waals surface area contributed by atoms with Crippen molar-refractivity contribution in [3.8, 4) is 22.8 Å². The van der Waals surface area contributed by atoms with Crippen molar-refractivity contribution in [2.75, 3.05) is 26.2 Å². The Morgan fingerprint density at radius 2 is 1.53 bits per heavy atom. The summed E-state index contributed by atoms with van der Waals surface area (Å²) in [5.41, 5.74) is 2.22.